The highest BCUT2D eigenvalue weighted by atomic mass is 35.5. The van der Waals surface area contributed by atoms with Crippen molar-refractivity contribution in [2.24, 2.45) is 0 Å². The van der Waals surface area contributed by atoms with E-state index in [2.05, 4.69) is 4.74 Å². The fourth-order valence-electron chi connectivity index (χ4n) is 1.64. The number of nitriles is 1. The average Bonchev–Trinajstić information content (AvgIpc) is 2.40. The zero-order valence-corrected chi connectivity index (χ0v) is 11.4. The molecule has 108 valence electrons. The van der Waals surface area contributed by atoms with Gasteiger partial charge >= 0.3 is 12.6 Å². The lowest BCUT2D eigenvalue weighted by atomic mass is 10.0. The zero-order valence-electron chi connectivity index (χ0n) is 10.7. The Labute approximate surface area is 119 Å². The summed E-state index contributed by atoms with van der Waals surface area (Å²) in [7, 11) is 0. The molecule has 0 spiro atoms. The molecule has 0 amide bonds. The van der Waals surface area contributed by atoms with E-state index in [0.29, 0.717) is 5.56 Å². The van der Waals surface area contributed by atoms with Gasteiger partial charge in [-0.15, -0.1) is 11.6 Å². The topological polar surface area (TPSA) is 59.3 Å². The minimum Gasteiger partial charge on any atom is -0.466 e. The van der Waals surface area contributed by atoms with E-state index in [0.717, 1.165) is 6.07 Å². The average molecular weight is 304 g/mol. The highest BCUT2D eigenvalue weighted by Crippen LogP contribution is 2.28. The first-order chi connectivity index (χ1) is 9.51. The van der Waals surface area contributed by atoms with Crippen LogP contribution in [0.5, 0.6) is 5.75 Å². The minimum absolute atomic E-state index is 0.0378. The number of ether oxygens (including phenoxy) is 2. The maximum absolute atomic E-state index is 12.4. The molecule has 0 aliphatic heterocycles. The highest BCUT2D eigenvalue weighted by Gasteiger charge is 2.18. The Bertz CT molecular complexity index is 529. The summed E-state index contributed by atoms with van der Waals surface area (Å²) in [6, 6.07) is 4.40. The summed E-state index contributed by atoms with van der Waals surface area (Å²) in [5.41, 5.74) is 0.719. The largest absolute Gasteiger partial charge is 0.466 e. The summed E-state index contributed by atoms with van der Waals surface area (Å²) in [6.45, 7) is -1.25. The van der Waals surface area contributed by atoms with Crippen LogP contribution >= 0.6 is 11.6 Å². The van der Waals surface area contributed by atoms with E-state index >= 15 is 0 Å². The van der Waals surface area contributed by atoms with E-state index in [1.807, 2.05) is 6.07 Å². The number of alkyl halides is 3. The van der Waals surface area contributed by atoms with Crippen molar-refractivity contribution in [2.75, 3.05) is 6.61 Å². The molecule has 1 aromatic carbocycles. The monoisotopic (exact) mass is 303 g/mol. The van der Waals surface area contributed by atoms with Gasteiger partial charge in [-0.3, -0.25) is 4.79 Å². The van der Waals surface area contributed by atoms with Crippen molar-refractivity contribution in [1.82, 2.24) is 0 Å². The molecule has 0 saturated carbocycles. The third-order valence-corrected chi connectivity index (χ3v) is 2.70. The third kappa shape index (κ3) is 4.35. The van der Waals surface area contributed by atoms with E-state index < -0.39 is 12.6 Å². The summed E-state index contributed by atoms with van der Waals surface area (Å²) >= 11 is 5.73. The van der Waals surface area contributed by atoms with Crippen LogP contribution in [0.2, 0.25) is 0 Å². The number of carbonyl (C=O) groups excluding carboxylic acids is 1. The lowest BCUT2D eigenvalue weighted by Crippen LogP contribution is -2.13. The molecule has 1 aromatic rings. The van der Waals surface area contributed by atoms with Gasteiger partial charge in [-0.1, -0.05) is 0 Å². The zero-order chi connectivity index (χ0) is 15.1. The van der Waals surface area contributed by atoms with E-state index in [4.69, 9.17) is 21.6 Å². The fourth-order valence-corrected chi connectivity index (χ4v) is 1.88. The Morgan fingerprint density at radius 2 is 2.20 bits per heavy atom. The van der Waals surface area contributed by atoms with Gasteiger partial charge in [0, 0.05) is 11.4 Å². The van der Waals surface area contributed by atoms with Crippen molar-refractivity contribution in [1.29, 1.82) is 5.26 Å². The first-order valence-electron chi connectivity index (χ1n) is 5.74. The van der Waals surface area contributed by atoms with Crippen molar-refractivity contribution >= 4 is 17.6 Å². The van der Waals surface area contributed by atoms with Gasteiger partial charge in [0.05, 0.1) is 24.7 Å². The summed E-state index contributed by atoms with van der Waals surface area (Å²) in [5.74, 6) is -0.852. The number of rotatable bonds is 6. The number of esters is 1. The molecule has 0 saturated heterocycles. The van der Waals surface area contributed by atoms with E-state index in [9.17, 15) is 13.6 Å². The number of carbonyl (C=O) groups is 1. The number of hydrogen-bond donors (Lipinski definition) is 0. The number of hydrogen-bond acceptors (Lipinski definition) is 4. The second-order valence-corrected chi connectivity index (χ2v) is 3.99. The molecule has 0 aliphatic rings. The van der Waals surface area contributed by atoms with E-state index in [1.54, 1.807) is 6.92 Å². The summed E-state index contributed by atoms with van der Waals surface area (Å²) < 4.78 is 33.9. The first kappa shape index (κ1) is 16.2. The molecular formula is C13H12ClF2NO3. The number of halogens is 3. The minimum atomic E-state index is -3.06. The fraction of sp³-hybridized carbons (Fsp3) is 0.385. The van der Waals surface area contributed by atoms with Crippen LogP contribution in [0.1, 0.15) is 23.6 Å². The molecule has 0 N–H and O–H groups in total. The molecule has 0 aliphatic carbocycles. The number of benzene rings is 1. The normalized spacial score (nSPS) is 10.2. The Morgan fingerprint density at radius 1 is 1.50 bits per heavy atom. The van der Waals surface area contributed by atoms with Crippen LogP contribution in [0.25, 0.3) is 0 Å². The standard InChI is InChI=1S/C13H12ClF2NO3/c1-2-19-12(18)5-10-9(6-14)3-8(7-17)4-11(10)20-13(15)16/h3-4,13H,2,5-6H2,1H3. The van der Waals surface area contributed by atoms with Crippen molar-refractivity contribution < 1.29 is 23.0 Å². The van der Waals surface area contributed by atoms with Gasteiger partial charge < -0.3 is 9.47 Å². The number of nitrogens with zero attached hydrogens (tertiary/aromatic N) is 1. The molecule has 0 atom stereocenters. The summed E-state index contributed by atoms with van der Waals surface area (Å²) in [4.78, 5) is 11.5. The van der Waals surface area contributed by atoms with Gasteiger partial charge in [0.1, 0.15) is 5.75 Å². The van der Waals surface area contributed by atoms with Crippen LogP contribution in [0.3, 0.4) is 0 Å². The molecule has 0 unspecified atom stereocenters. The molecular weight excluding hydrogens is 292 g/mol. The smallest absolute Gasteiger partial charge is 0.387 e. The second-order valence-electron chi connectivity index (χ2n) is 3.72. The lowest BCUT2D eigenvalue weighted by molar-refractivity contribution is -0.142. The Morgan fingerprint density at radius 3 is 2.70 bits per heavy atom. The molecule has 20 heavy (non-hydrogen) atoms. The highest BCUT2D eigenvalue weighted by molar-refractivity contribution is 6.17. The Hall–Kier alpha value is -1.87. The van der Waals surface area contributed by atoms with Crippen LogP contribution in [0, 0.1) is 11.3 Å². The summed E-state index contributed by atoms with van der Waals surface area (Å²) in [5, 5.41) is 8.85. The molecule has 0 fully saturated rings. The molecule has 7 heteroatoms. The Balaban J connectivity index is 3.22. The molecule has 0 aromatic heterocycles. The predicted octanol–water partition coefficient (Wildman–Crippen LogP) is 3.00. The summed E-state index contributed by atoms with van der Waals surface area (Å²) in [6.07, 6.45) is -0.246. The van der Waals surface area contributed by atoms with Crippen LogP contribution in [-0.2, 0) is 21.8 Å². The van der Waals surface area contributed by atoms with Crippen LogP contribution in [-0.4, -0.2) is 19.2 Å². The molecule has 4 nitrogen and oxygen atoms in total. The Kier molecular flexibility index (Phi) is 6.19. The first-order valence-corrected chi connectivity index (χ1v) is 6.27. The van der Waals surface area contributed by atoms with E-state index in [1.165, 1.54) is 6.07 Å². The predicted molar refractivity (Wildman–Crippen MR) is 67.7 cm³/mol. The van der Waals surface area contributed by atoms with Gasteiger partial charge in [-0.05, 0) is 24.6 Å². The molecule has 0 heterocycles. The third-order valence-electron chi connectivity index (χ3n) is 2.42. The van der Waals surface area contributed by atoms with Gasteiger partial charge in [-0.2, -0.15) is 14.0 Å². The lowest BCUT2D eigenvalue weighted by Gasteiger charge is -2.14. The van der Waals surface area contributed by atoms with Crippen molar-refractivity contribution in [2.45, 2.75) is 25.8 Å². The SMILES string of the molecule is CCOC(=O)Cc1c(CCl)cc(C#N)cc1OC(F)F. The maximum Gasteiger partial charge on any atom is 0.387 e. The van der Waals surface area contributed by atoms with E-state index in [-0.39, 0.29) is 35.8 Å². The van der Waals surface area contributed by atoms with Gasteiger partial charge in [0.25, 0.3) is 0 Å². The maximum atomic E-state index is 12.4. The van der Waals surface area contributed by atoms with Crippen molar-refractivity contribution in [3.05, 3.63) is 28.8 Å². The van der Waals surface area contributed by atoms with Crippen LogP contribution < -0.4 is 4.74 Å². The van der Waals surface area contributed by atoms with Crippen molar-refractivity contribution in [3.63, 3.8) is 0 Å². The van der Waals surface area contributed by atoms with Crippen molar-refractivity contribution in [3.8, 4) is 11.8 Å². The van der Waals surface area contributed by atoms with Crippen LogP contribution in [0.15, 0.2) is 12.1 Å². The second kappa shape index (κ2) is 7.65. The molecule has 0 bridgehead atoms. The van der Waals surface area contributed by atoms with Gasteiger partial charge in [0.15, 0.2) is 0 Å². The molecule has 0 radical (unpaired) electrons. The van der Waals surface area contributed by atoms with Gasteiger partial charge in [0.2, 0.25) is 0 Å². The van der Waals surface area contributed by atoms with Crippen LogP contribution in [0.4, 0.5) is 8.78 Å². The quantitative estimate of drug-likeness (QED) is 0.599. The molecule has 1 rings (SSSR count). The van der Waals surface area contributed by atoms with Gasteiger partial charge in [-0.25, -0.2) is 0 Å².